The maximum atomic E-state index is 14.4. The number of fused-ring (bicyclic) bond motifs is 1. The van der Waals surface area contributed by atoms with Gasteiger partial charge in [0.25, 0.3) is 5.91 Å². The minimum atomic E-state index is -0.356. The first-order chi connectivity index (χ1) is 15.1. The van der Waals surface area contributed by atoms with Gasteiger partial charge in [0.15, 0.2) is 5.69 Å². The molecule has 1 amide bonds. The second-order valence-corrected chi connectivity index (χ2v) is 9.34. The zero-order valence-electron chi connectivity index (χ0n) is 16.9. The fourth-order valence-electron chi connectivity index (χ4n) is 4.28. The number of aromatic nitrogens is 2. The van der Waals surface area contributed by atoms with Crippen LogP contribution in [-0.2, 0) is 12.8 Å². The van der Waals surface area contributed by atoms with E-state index in [-0.39, 0.29) is 11.7 Å². The number of para-hydroxylation sites is 1. The van der Waals surface area contributed by atoms with Gasteiger partial charge in [0.05, 0.1) is 10.7 Å². The van der Waals surface area contributed by atoms with E-state index in [2.05, 4.69) is 15.3 Å². The summed E-state index contributed by atoms with van der Waals surface area (Å²) in [5.74, 6) is 1.52. The van der Waals surface area contributed by atoms with Gasteiger partial charge in [0.1, 0.15) is 11.5 Å². The highest BCUT2D eigenvalue weighted by atomic mass is 35.5. The third-order valence-electron chi connectivity index (χ3n) is 5.78. The molecule has 1 aromatic heterocycles. The fourth-order valence-corrected chi connectivity index (χ4v) is 5.48. The van der Waals surface area contributed by atoms with E-state index in [0.29, 0.717) is 22.1 Å². The average Bonchev–Trinajstić information content (AvgIpc) is 3.38. The Hall–Kier alpha value is -2.51. The topological polar surface area (TPSA) is 50.2 Å². The highest BCUT2D eigenvalue weighted by Crippen LogP contribution is 2.32. The minimum absolute atomic E-state index is 0.300. The van der Waals surface area contributed by atoms with Gasteiger partial charge in [-0.05, 0) is 49.6 Å². The van der Waals surface area contributed by atoms with E-state index in [1.54, 1.807) is 28.9 Å². The van der Waals surface area contributed by atoms with Gasteiger partial charge < -0.3 is 10.2 Å². The molecule has 31 heavy (non-hydrogen) atoms. The summed E-state index contributed by atoms with van der Waals surface area (Å²) < 4.78 is 15.9. The number of carbonyl (C=O) groups is 1. The molecule has 1 fully saturated rings. The number of anilines is 2. The van der Waals surface area contributed by atoms with Gasteiger partial charge in [-0.25, -0.2) is 9.07 Å². The summed E-state index contributed by atoms with van der Waals surface area (Å²) in [5.41, 5.74) is 4.14. The Morgan fingerprint density at radius 2 is 1.90 bits per heavy atom. The van der Waals surface area contributed by atoms with E-state index in [9.17, 15) is 9.18 Å². The average molecular weight is 457 g/mol. The number of hydrogen-bond donors (Lipinski definition) is 1. The molecule has 1 N–H and O–H groups in total. The molecule has 1 aliphatic carbocycles. The molecule has 0 radical (unpaired) electrons. The lowest BCUT2D eigenvalue weighted by molar-refractivity contribution is 0.102. The normalized spacial score (nSPS) is 15.7. The van der Waals surface area contributed by atoms with E-state index in [0.717, 1.165) is 60.8 Å². The van der Waals surface area contributed by atoms with E-state index in [1.165, 1.54) is 6.07 Å². The number of nitrogens with zero attached hydrogens (tertiary/aromatic N) is 3. The minimum Gasteiger partial charge on any atom is -0.369 e. The number of thioether (sulfide) groups is 1. The Balaban J connectivity index is 1.41. The molecule has 0 atom stereocenters. The quantitative estimate of drug-likeness (QED) is 0.603. The van der Waals surface area contributed by atoms with Crippen LogP contribution in [0.15, 0.2) is 42.5 Å². The van der Waals surface area contributed by atoms with Crippen LogP contribution < -0.4 is 10.2 Å². The molecular weight excluding hydrogens is 435 g/mol. The van der Waals surface area contributed by atoms with Gasteiger partial charge in [-0.15, -0.1) is 0 Å². The van der Waals surface area contributed by atoms with Crippen LogP contribution in [-0.4, -0.2) is 40.3 Å². The fraction of sp³-hybridized carbons (Fsp3) is 0.304. The maximum Gasteiger partial charge on any atom is 0.276 e. The Bertz CT molecular complexity index is 1140. The summed E-state index contributed by atoms with van der Waals surface area (Å²) in [7, 11) is 0. The van der Waals surface area contributed by atoms with Crippen LogP contribution in [0.4, 0.5) is 15.8 Å². The summed E-state index contributed by atoms with van der Waals surface area (Å²) in [6.45, 7) is 1.94. The molecule has 160 valence electrons. The second kappa shape index (κ2) is 8.55. The van der Waals surface area contributed by atoms with Crippen LogP contribution in [0.25, 0.3) is 5.69 Å². The summed E-state index contributed by atoms with van der Waals surface area (Å²) in [6.07, 6.45) is 2.47. The molecule has 1 saturated heterocycles. The molecule has 0 unspecified atom stereocenters. The number of hydrogen-bond acceptors (Lipinski definition) is 4. The SMILES string of the molecule is O=C(Nc1ccc(N2CCSCC2)c(Cl)c1)c1nn(-c2ccccc2F)c2c1CCC2. The molecule has 2 aliphatic rings. The molecule has 2 aromatic carbocycles. The molecule has 2 heterocycles. The number of benzene rings is 2. The number of amides is 1. The van der Waals surface area contributed by atoms with Crippen LogP contribution >= 0.6 is 23.4 Å². The van der Waals surface area contributed by atoms with Gasteiger partial charge >= 0.3 is 0 Å². The predicted octanol–water partition coefficient (Wildman–Crippen LogP) is 4.96. The summed E-state index contributed by atoms with van der Waals surface area (Å²) in [4.78, 5) is 15.3. The number of halogens is 2. The largest absolute Gasteiger partial charge is 0.369 e. The summed E-state index contributed by atoms with van der Waals surface area (Å²) >= 11 is 8.47. The summed E-state index contributed by atoms with van der Waals surface area (Å²) in [6, 6.07) is 12.1. The van der Waals surface area contributed by atoms with Gasteiger partial charge in [0.2, 0.25) is 0 Å². The molecule has 8 heteroatoms. The van der Waals surface area contributed by atoms with Crippen LogP contribution in [0.1, 0.15) is 28.2 Å². The van der Waals surface area contributed by atoms with Crippen LogP contribution in [0.5, 0.6) is 0 Å². The molecule has 0 bridgehead atoms. The van der Waals surface area contributed by atoms with Gasteiger partial charge in [-0.1, -0.05) is 23.7 Å². The van der Waals surface area contributed by atoms with Crippen LogP contribution in [0.3, 0.4) is 0 Å². The van der Waals surface area contributed by atoms with Crippen molar-refractivity contribution in [3.05, 3.63) is 70.3 Å². The standard InChI is InChI=1S/C23H22ClFN4OS/c24-17-14-15(8-9-20(17)28-10-12-31-13-11-28)26-23(30)22-16-4-3-7-19(16)29(27-22)21-6-2-1-5-18(21)25/h1-2,5-6,8-9,14H,3-4,7,10-13H2,(H,26,30). The van der Waals surface area contributed by atoms with Crippen molar-refractivity contribution in [1.82, 2.24) is 9.78 Å². The molecule has 1 aliphatic heterocycles. The van der Waals surface area contributed by atoms with E-state index in [1.807, 2.05) is 23.9 Å². The van der Waals surface area contributed by atoms with Gasteiger partial charge in [-0.3, -0.25) is 4.79 Å². The summed E-state index contributed by atoms with van der Waals surface area (Å²) in [5, 5.41) is 8.03. The number of carbonyl (C=O) groups excluding carboxylic acids is 1. The maximum absolute atomic E-state index is 14.4. The Kier molecular flexibility index (Phi) is 5.63. The number of nitrogens with one attached hydrogen (secondary N) is 1. The highest BCUT2D eigenvalue weighted by molar-refractivity contribution is 7.99. The van der Waals surface area contributed by atoms with E-state index in [4.69, 9.17) is 11.6 Å². The molecule has 0 saturated carbocycles. The third kappa shape index (κ3) is 3.92. The first kappa shape index (κ1) is 20.4. The van der Waals surface area contributed by atoms with E-state index < -0.39 is 0 Å². The second-order valence-electron chi connectivity index (χ2n) is 7.71. The van der Waals surface area contributed by atoms with Crippen molar-refractivity contribution in [2.24, 2.45) is 0 Å². The van der Waals surface area contributed by atoms with Crippen molar-refractivity contribution < 1.29 is 9.18 Å². The molecule has 0 spiro atoms. The zero-order chi connectivity index (χ0) is 21.4. The molecule has 5 nitrogen and oxygen atoms in total. The van der Waals surface area contributed by atoms with Crippen molar-refractivity contribution in [1.29, 1.82) is 0 Å². The molecule has 5 rings (SSSR count). The lowest BCUT2D eigenvalue weighted by Crippen LogP contribution is -2.32. The van der Waals surface area contributed by atoms with E-state index >= 15 is 0 Å². The van der Waals surface area contributed by atoms with Gasteiger partial charge in [0, 0.05) is 41.5 Å². The van der Waals surface area contributed by atoms with Crippen LogP contribution in [0.2, 0.25) is 5.02 Å². The lowest BCUT2D eigenvalue weighted by atomic mass is 10.2. The number of rotatable bonds is 4. The van der Waals surface area contributed by atoms with Crippen molar-refractivity contribution in [2.45, 2.75) is 19.3 Å². The first-order valence-electron chi connectivity index (χ1n) is 10.4. The Morgan fingerprint density at radius 3 is 2.68 bits per heavy atom. The van der Waals surface area contributed by atoms with Gasteiger partial charge in [-0.2, -0.15) is 16.9 Å². The monoisotopic (exact) mass is 456 g/mol. The third-order valence-corrected chi connectivity index (χ3v) is 7.03. The van der Waals surface area contributed by atoms with Crippen molar-refractivity contribution in [2.75, 3.05) is 34.8 Å². The zero-order valence-corrected chi connectivity index (χ0v) is 18.5. The molecular formula is C23H22ClFN4OS. The van der Waals surface area contributed by atoms with Crippen molar-refractivity contribution in [3.8, 4) is 5.69 Å². The van der Waals surface area contributed by atoms with Crippen LogP contribution in [0, 0.1) is 5.82 Å². The lowest BCUT2D eigenvalue weighted by Gasteiger charge is -2.29. The van der Waals surface area contributed by atoms with Crippen molar-refractivity contribution in [3.63, 3.8) is 0 Å². The first-order valence-corrected chi connectivity index (χ1v) is 11.9. The van der Waals surface area contributed by atoms with Crippen molar-refractivity contribution >= 4 is 40.6 Å². The predicted molar refractivity (Wildman–Crippen MR) is 124 cm³/mol. The highest BCUT2D eigenvalue weighted by Gasteiger charge is 2.28. The Morgan fingerprint density at radius 1 is 1.10 bits per heavy atom. The Labute approximate surface area is 189 Å². The smallest absolute Gasteiger partial charge is 0.276 e. The molecule has 3 aromatic rings.